The maximum Gasteiger partial charge on any atom is 0.443 e. The van der Waals surface area contributed by atoms with Gasteiger partial charge in [-0.25, -0.2) is 4.42 Å². The first kappa shape index (κ1) is 5.95. The van der Waals surface area contributed by atoms with Crippen LogP contribution in [0.15, 0.2) is 34.9 Å². The van der Waals surface area contributed by atoms with Gasteiger partial charge in [0.25, 0.3) is 7.11 Å². The molecule has 1 rings (SSSR count). The Balaban J connectivity index is 3.28. The fraction of sp³-hybridized carbons (Fsp3) is 0.143. The number of hydrogen-bond donors (Lipinski definition) is 0. The molecule has 0 amide bonds. The SMILES string of the molecule is C[O+]=c1cccccn1. The van der Waals surface area contributed by atoms with Crippen molar-refractivity contribution in [2.24, 2.45) is 0 Å². The van der Waals surface area contributed by atoms with Gasteiger partial charge < -0.3 is 0 Å². The molecule has 0 spiro atoms. The average molecular weight is 122 g/mol. The fourth-order valence-corrected chi connectivity index (χ4v) is 0.532. The topological polar surface area (TPSA) is 24.2 Å². The van der Waals surface area contributed by atoms with Gasteiger partial charge in [0.15, 0.2) is 0 Å². The Morgan fingerprint density at radius 1 is 1.33 bits per heavy atom. The number of aromatic nitrogens is 1. The van der Waals surface area contributed by atoms with E-state index in [0.29, 0.717) is 5.56 Å². The van der Waals surface area contributed by atoms with E-state index in [2.05, 4.69) is 4.98 Å². The van der Waals surface area contributed by atoms with Crippen LogP contribution in [0.5, 0.6) is 0 Å². The molecule has 0 aromatic carbocycles. The molecule has 0 aliphatic heterocycles. The highest BCUT2D eigenvalue weighted by Crippen LogP contribution is 1.70. The molecular formula is C7H8NO+. The summed E-state index contributed by atoms with van der Waals surface area (Å²) in [6.45, 7) is 0. The van der Waals surface area contributed by atoms with E-state index in [9.17, 15) is 0 Å². The Labute approximate surface area is 53.5 Å². The van der Waals surface area contributed by atoms with Crippen LogP contribution in [0.3, 0.4) is 0 Å². The van der Waals surface area contributed by atoms with Crippen molar-refractivity contribution in [2.45, 2.75) is 0 Å². The zero-order valence-electron chi connectivity index (χ0n) is 5.24. The number of hydrogen-bond acceptors (Lipinski definition) is 1. The van der Waals surface area contributed by atoms with Crippen LogP contribution in [0.25, 0.3) is 0 Å². The molecule has 0 saturated carbocycles. The summed E-state index contributed by atoms with van der Waals surface area (Å²) >= 11 is 0. The van der Waals surface area contributed by atoms with E-state index < -0.39 is 0 Å². The van der Waals surface area contributed by atoms with Crippen molar-refractivity contribution in [3.8, 4) is 0 Å². The van der Waals surface area contributed by atoms with E-state index in [1.807, 2.05) is 18.2 Å². The Hall–Kier alpha value is -1.18. The van der Waals surface area contributed by atoms with Gasteiger partial charge in [0.05, 0.1) is 6.07 Å². The molecule has 0 unspecified atom stereocenters. The highest BCUT2D eigenvalue weighted by atomic mass is 16.4. The smallest absolute Gasteiger partial charge is 0.239 e. The van der Waals surface area contributed by atoms with Crippen LogP contribution in [0, 0.1) is 0 Å². The van der Waals surface area contributed by atoms with Gasteiger partial charge >= 0.3 is 5.56 Å². The molecule has 0 fully saturated rings. The molecule has 9 heavy (non-hydrogen) atoms. The van der Waals surface area contributed by atoms with Crippen molar-refractivity contribution in [3.63, 3.8) is 0 Å². The first-order chi connectivity index (χ1) is 4.43. The lowest BCUT2D eigenvalue weighted by Crippen LogP contribution is -2.00. The van der Waals surface area contributed by atoms with E-state index in [-0.39, 0.29) is 0 Å². The van der Waals surface area contributed by atoms with E-state index in [4.69, 9.17) is 4.42 Å². The summed E-state index contributed by atoms with van der Waals surface area (Å²) in [7, 11) is 1.60. The lowest BCUT2D eigenvalue weighted by atomic mass is 10.5. The third-order valence-corrected chi connectivity index (χ3v) is 0.958. The van der Waals surface area contributed by atoms with Gasteiger partial charge in [-0.1, -0.05) is 12.1 Å². The number of rotatable bonds is 0. The van der Waals surface area contributed by atoms with Crippen molar-refractivity contribution in [2.75, 3.05) is 7.11 Å². The minimum absolute atomic E-state index is 0.639. The monoisotopic (exact) mass is 122 g/mol. The summed E-state index contributed by atoms with van der Waals surface area (Å²) in [5.74, 6) is 0. The lowest BCUT2D eigenvalue weighted by molar-refractivity contribution is 1.24. The second-order valence-corrected chi connectivity index (χ2v) is 1.56. The van der Waals surface area contributed by atoms with E-state index >= 15 is 0 Å². The number of nitrogens with zero attached hydrogens (tertiary/aromatic N) is 1. The Bertz CT molecular complexity index is 222. The average Bonchev–Trinajstić information content (AvgIpc) is 2.13. The molecule has 0 N–H and O–H groups in total. The third-order valence-electron chi connectivity index (χ3n) is 0.958. The molecular weight excluding hydrogens is 114 g/mol. The first-order valence-electron chi connectivity index (χ1n) is 2.72. The van der Waals surface area contributed by atoms with Crippen molar-refractivity contribution in [1.29, 1.82) is 0 Å². The van der Waals surface area contributed by atoms with Crippen LogP contribution in [-0.2, 0) is 0 Å². The van der Waals surface area contributed by atoms with Crippen molar-refractivity contribution in [3.05, 3.63) is 40.4 Å². The predicted molar refractivity (Wildman–Crippen MR) is 36.4 cm³/mol. The molecule has 0 atom stereocenters. The molecule has 46 valence electrons. The molecule has 2 heteroatoms. The van der Waals surface area contributed by atoms with Crippen molar-refractivity contribution < 1.29 is 0 Å². The van der Waals surface area contributed by atoms with Crippen LogP contribution in [0.1, 0.15) is 0 Å². The molecule has 1 heterocycles. The van der Waals surface area contributed by atoms with Crippen LogP contribution in [-0.4, -0.2) is 12.1 Å². The van der Waals surface area contributed by atoms with Crippen LogP contribution < -0.4 is 5.56 Å². The van der Waals surface area contributed by atoms with Crippen LogP contribution in [0.2, 0.25) is 0 Å². The quantitative estimate of drug-likeness (QED) is 0.462. The molecule has 0 bridgehead atoms. The summed E-state index contributed by atoms with van der Waals surface area (Å²) in [6.07, 6.45) is 1.69. The van der Waals surface area contributed by atoms with Crippen molar-refractivity contribution >= 4 is 0 Å². The van der Waals surface area contributed by atoms with E-state index in [0.717, 1.165) is 0 Å². The first-order valence-corrected chi connectivity index (χ1v) is 2.72. The van der Waals surface area contributed by atoms with Crippen molar-refractivity contribution in [1.82, 2.24) is 4.98 Å². The lowest BCUT2D eigenvalue weighted by Gasteiger charge is -1.56. The van der Waals surface area contributed by atoms with Crippen LogP contribution >= 0.6 is 0 Å². The van der Waals surface area contributed by atoms with Crippen LogP contribution in [0.4, 0.5) is 0 Å². The Kier molecular flexibility index (Phi) is 1.96. The zero-order valence-corrected chi connectivity index (χ0v) is 5.24. The summed E-state index contributed by atoms with van der Waals surface area (Å²) in [5, 5.41) is 0. The summed E-state index contributed by atoms with van der Waals surface area (Å²) < 4.78 is 4.86. The fourth-order valence-electron chi connectivity index (χ4n) is 0.532. The summed E-state index contributed by atoms with van der Waals surface area (Å²) in [6, 6.07) is 7.43. The molecule has 1 aromatic heterocycles. The minimum Gasteiger partial charge on any atom is -0.239 e. The van der Waals surface area contributed by atoms with Gasteiger partial charge in [-0.15, -0.1) is 0 Å². The van der Waals surface area contributed by atoms with Gasteiger partial charge in [-0.05, 0) is 6.07 Å². The van der Waals surface area contributed by atoms with E-state index in [1.54, 1.807) is 19.4 Å². The normalized spacial score (nSPS) is 11.4. The van der Waals surface area contributed by atoms with Gasteiger partial charge in [0.2, 0.25) is 0 Å². The molecule has 0 radical (unpaired) electrons. The summed E-state index contributed by atoms with van der Waals surface area (Å²) in [5.41, 5.74) is 0.639. The minimum atomic E-state index is 0.639. The highest BCUT2D eigenvalue weighted by Gasteiger charge is 1.82. The second kappa shape index (κ2) is 2.97. The molecule has 0 aliphatic carbocycles. The van der Waals surface area contributed by atoms with E-state index in [1.165, 1.54) is 0 Å². The van der Waals surface area contributed by atoms with Gasteiger partial charge in [-0.3, -0.25) is 0 Å². The Morgan fingerprint density at radius 3 is 3.00 bits per heavy atom. The highest BCUT2D eigenvalue weighted by molar-refractivity contribution is 4.92. The molecule has 0 saturated heterocycles. The maximum absolute atomic E-state index is 4.86. The zero-order chi connectivity index (χ0) is 6.53. The summed E-state index contributed by atoms with van der Waals surface area (Å²) in [4.78, 5) is 3.94. The Morgan fingerprint density at radius 2 is 2.22 bits per heavy atom. The van der Waals surface area contributed by atoms with Gasteiger partial charge in [-0.2, -0.15) is 4.98 Å². The maximum atomic E-state index is 4.86. The van der Waals surface area contributed by atoms with Gasteiger partial charge in [0, 0.05) is 6.20 Å². The van der Waals surface area contributed by atoms with Gasteiger partial charge in [0.1, 0.15) is 0 Å². The molecule has 2 nitrogen and oxygen atoms in total. The third kappa shape index (κ3) is 1.64. The second-order valence-electron chi connectivity index (χ2n) is 1.56. The molecule has 1 aromatic rings. The molecule has 0 aliphatic rings. The largest absolute Gasteiger partial charge is 0.443 e. The predicted octanol–water partition coefficient (Wildman–Crippen LogP) is 0.607. The standard InChI is InChI=1S/C7H8NO/c1-9-7-5-3-2-4-6-8-7/h2-6H,1H3/q+1.